The maximum absolute atomic E-state index is 11.7. The van der Waals surface area contributed by atoms with Gasteiger partial charge in [-0.25, -0.2) is 0 Å². The number of hydrogen-bond donors (Lipinski definition) is 2. The van der Waals surface area contributed by atoms with Crippen LogP contribution in [0, 0.1) is 0 Å². The molecule has 1 rings (SSSR count). The van der Waals surface area contributed by atoms with Crippen molar-refractivity contribution in [1.29, 1.82) is 0 Å². The van der Waals surface area contributed by atoms with Crippen molar-refractivity contribution in [3.8, 4) is 0 Å². The first-order valence-corrected chi connectivity index (χ1v) is 5.70. The van der Waals surface area contributed by atoms with Crippen LogP contribution in [0.15, 0.2) is 16.5 Å². The van der Waals surface area contributed by atoms with Gasteiger partial charge < -0.3 is 19.6 Å². The minimum atomic E-state index is -0.308. The summed E-state index contributed by atoms with van der Waals surface area (Å²) in [5.41, 5.74) is 0. The fourth-order valence-electron chi connectivity index (χ4n) is 1.42. The van der Waals surface area contributed by atoms with Gasteiger partial charge in [-0.1, -0.05) is 6.92 Å². The lowest BCUT2D eigenvalue weighted by Crippen LogP contribution is -2.38. The number of ether oxygens (including phenoxy) is 1. The maximum Gasteiger partial charge on any atom is 0.287 e. The Labute approximate surface area is 101 Å². The second kappa shape index (κ2) is 7.09. The number of aryl methyl sites for hydroxylation is 1. The quantitative estimate of drug-likeness (QED) is 0.746. The number of rotatable bonds is 7. The van der Waals surface area contributed by atoms with E-state index in [1.165, 1.54) is 0 Å². The third-order valence-corrected chi connectivity index (χ3v) is 2.46. The Hall–Kier alpha value is -1.33. The highest BCUT2D eigenvalue weighted by Gasteiger charge is 2.15. The summed E-state index contributed by atoms with van der Waals surface area (Å²) in [6.45, 7) is 2.33. The summed E-state index contributed by atoms with van der Waals surface area (Å²) in [5.74, 6) is 0.741. The molecule has 1 aromatic rings. The van der Waals surface area contributed by atoms with Gasteiger partial charge in [0.25, 0.3) is 5.91 Å². The van der Waals surface area contributed by atoms with Gasteiger partial charge in [-0.15, -0.1) is 0 Å². The minimum absolute atomic E-state index is 0.115. The van der Waals surface area contributed by atoms with Crippen molar-refractivity contribution in [2.24, 2.45) is 0 Å². The number of aliphatic hydroxyl groups is 1. The van der Waals surface area contributed by atoms with Crippen LogP contribution >= 0.6 is 0 Å². The molecule has 0 bridgehead atoms. The lowest BCUT2D eigenvalue weighted by Gasteiger charge is -2.14. The van der Waals surface area contributed by atoms with Crippen LogP contribution in [0.2, 0.25) is 0 Å². The van der Waals surface area contributed by atoms with Crippen LogP contribution in [0.5, 0.6) is 0 Å². The van der Waals surface area contributed by atoms with Crippen LogP contribution in [0.25, 0.3) is 0 Å². The Morgan fingerprint density at radius 1 is 1.59 bits per heavy atom. The van der Waals surface area contributed by atoms with Crippen LogP contribution in [0.3, 0.4) is 0 Å². The molecule has 0 radical (unpaired) electrons. The molecule has 0 aliphatic heterocycles. The second-order valence-electron chi connectivity index (χ2n) is 3.75. The van der Waals surface area contributed by atoms with Crippen LogP contribution < -0.4 is 5.32 Å². The van der Waals surface area contributed by atoms with E-state index >= 15 is 0 Å². The summed E-state index contributed by atoms with van der Waals surface area (Å²) in [5, 5.41) is 11.8. The number of furan rings is 1. The predicted octanol–water partition coefficient (Wildman–Crippen LogP) is 0.969. The minimum Gasteiger partial charge on any atom is -0.456 e. The lowest BCUT2D eigenvalue weighted by molar-refractivity contribution is 0.0865. The average Bonchev–Trinajstić information content (AvgIpc) is 2.83. The number of carbonyl (C=O) groups is 1. The normalized spacial score (nSPS) is 12.4. The van der Waals surface area contributed by atoms with Gasteiger partial charge in [0.1, 0.15) is 5.76 Å². The smallest absolute Gasteiger partial charge is 0.287 e. The van der Waals surface area contributed by atoms with Crippen molar-refractivity contribution in [3.63, 3.8) is 0 Å². The highest BCUT2D eigenvalue weighted by atomic mass is 16.5. The van der Waals surface area contributed by atoms with Crippen molar-refractivity contribution >= 4 is 5.91 Å². The number of amides is 1. The van der Waals surface area contributed by atoms with E-state index in [1.807, 2.05) is 6.92 Å². The van der Waals surface area contributed by atoms with Crippen molar-refractivity contribution in [3.05, 3.63) is 23.7 Å². The molecule has 0 saturated heterocycles. The van der Waals surface area contributed by atoms with E-state index in [0.29, 0.717) is 13.0 Å². The zero-order valence-electron chi connectivity index (χ0n) is 10.2. The third-order valence-electron chi connectivity index (χ3n) is 2.46. The molecule has 1 amide bonds. The molecule has 0 fully saturated rings. The van der Waals surface area contributed by atoms with Crippen molar-refractivity contribution in [1.82, 2.24) is 5.32 Å². The SMILES string of the molecule is CCc1ccc(C(=O)NC(CO)CCOC)o1. The van der Waals surface area contributed by atoms with E-state index in [-0.39, 0.29) is 24.3 Å². The Morgan fingerprint density at radius 3 is 2.88 bits per heavy atom. The summed E-state index contributed by atoms with van der Waals surface area (Å²) in [6, 6.07) is 3.11. The Morgan fingerprint density at radius 2 is 2.35 bits per heavy atom. The molecule has 0 aliphatic carbocycles. The first-order valence-electron chi connectivity index (χ1n) is 5.70. The molecule has 2 N–H and O–H groups in total. The zero-order chi connectivity index (χ0) is 12.7. The molecule has 0 spiro atoms. The standard InChI is InChI=1S/C12H19NO4/c1-3-10-4-5-11(17-10)12(15)13-9(8-14)6-7-16-2/h4-5,9,14H,3,6-8H2,1-2H3,(H,13,15). The highest BCUT2D eigenvalue weighted by molar-refractivity contribution is 5.91. The van der Waals surface area contributed by atoms with Crippen LogP contribution in [-0.2, 0) is 11.2 Å². The van der Waals surface area contributed by atoms with Crippen LogP contribution in [0.4, 0.5) is 0 Å². The molecule has 5 heteroatoms. The first kappa shape index (κ1) is 13.7. The Kier molecular flexibility index (Phi) is 5.72. The van der Waals surface area contributed by atoms with E-state index in [9.17, 15) is 4.79 Å². The van der Waals surface area contributed by atoms with Crippen LogP contribution in [-0.4, -0.2) is 37.4 Å². The van der Waals surface area contributed by atoms with Gasteiger partial charge >= 0.3 is 0 Å². The first-order chi connectivity index (χ1) is 8.21. The molecule has 0 aromatic carbocycles. The number of aliphatic hydroxyl groups excluding tert-OH is 1. The van der Waals surface area contributed by atoms with Gasteiger partial charge in [0.05, 0.1) is 12.6 Å². The molecular formula is C12H19NO4. The molecule has 5 nitrogen and oxygen atoms in total. The maximum atomic E-state index is 11.7. The van der Waals surface area contributed by atoms with Gasteiger partial charge in [0, 0.05) is 20.1 Å². The summed E-state index contributed by atoms with van der Waals surface area (Å²) in [7, 11) is 1.58. The fraction of sp³-hybridized carbons (Fsp3) is 0.583. The Bertz CT molecular complexity index is 348. The van der Waals surface area contributed by atoms with Gasteiger partial charge in [0.2, 0.25) is 0 Å². The predicted molar refractivity (Wildman–Crippen MR) is 62.9 cm³/mol. The van der Waals surface area contributed by atoms with E-state index < -0.39 is 0 Å². The van der Waals surface area contributed by atoms with Crippen molar-refractivity contribution in [2.75, 3.05) is 20.3 Å². The molecule has 1 heterocycles. The summed E-state index contributed by atoms with van der Waals surface area (Å²) >= 11 is 0. The van der Waals surface area contributed by atoms with E-state index in [0.717, 1.165) is 12.2 Å². The number of methoxy groups -OCH3 is 1. The highest BCUT2D eigenvalue weighted by Crippen LogP contribution is 2.08. The lowest BCUT2D eigenvalue weighted by atomic mass is 10.2. The zero-order valence-corrected chi connectivity index (χ0v) is 10.2. The fourth-order valence-corrected chi connectivity index (χ4v) is 1.42. The van der Waals surface area contributed by atoms with Gasteiger partial charge in [-0.3, -0.25) is 4.79 Å². The van der Waals surface area contributed by atoms with Crippen molar-refractivity contribution in [2.45, 2.75) is 25.8 Å². The number of hydrogen-bond acceptors (Lipinski definition) is 4. The topological polar surface area (TPSA) is 71.7 Å². The average molecular weight is 241 g/mol. The molecule has 1 aromatic heterocycles. The van der Waals surface area contributed by atoms with E-state index in [4.69, 9.17) is 14.3 Å². The molecule has 0 saturated carbocycles. The third kappa shape index (κ3) is 4.20. The summed E-state index contributed by atoms with van der Waals surface area (Å²) < 4.78 is 10.2. The molecule has 1 atom stereocenters. The second-order valence-corrected chi connectivity index (χ2v) is 3.75. The van der Waals surface area contributed by atoms with Gasteiger partial charge in [0.15, 0.2) is 5.76 Å². The number of nitrogens with one attached hydrogen (secondary N) is 1. The van der Waals surface area contributed by atoms with E-state index in [1.54, 1.807) is 19.2 Å². The number of carbonyl (C=O) groups excluding carboxylic acids is 1. The molecular weight excluding hydrogens is 222 g/mol. The molecule has 0 aliphatic rings. The molecule has 96 valence electrons. The largest absolute Gasteiger partial charge is 0.456 e. The van der Waals surface area contributed by atoms with Gasteiger partial charge in [-0.2, -0.15) is 0 Å². The summed E-state index contributed by atoms with van der Waals surface area (Å²) in [4.78, 5) is 11.7. The molecule has 1 unspecified atom stereocenters. The Balaban J connectivity index is 2.51. The molecule has 17 heavy (non-hydrogen) atoms. The van der Waals surface area contributed by atoms with E-state index in [2.05, 4.69) is 5.32 Å². The van der Waals surface area contributed by atoms with Crippen molar-refractivity contribution < 1.29 is 19.1 Å². The monoisotopic (exact) mass is 241 g/mol. The van der Waals surface area contributed by atoms with Crippen LogP contribution in [0.1, 0.15) is 29.7 Å². The van der Waals surface area contributed by atoms with Gasteiger partial charge in [-0.05, 0) is 18.6 Å². The summed E-state index contributed by atoms with van der Waals surface area (Å²) in [6.07, 6.45) is 1.32.